The summed E-state index contributed by atoms with van der Waals surface area (Å²) in [6.45, 7) is 8.95. The molecule has 0 aliphatic carbocycles. The molecule has 17 heavy (non-hydrogen) atoms. The first-order valence-corrected chi connectivity index (χ1v) is 6.70. The standard InChI is InChI=1S/C13H24N4/c1-4-6-17(12-7-14-8-12)10-11-9-16(3)15-13(11)5-2/h9,12,14H,4-8,10H2,1-3H3. The molecule has 0 bridgehead atoms. The van der Waals surface area contributed by atoms with Crippen LogP contribution in [0.25, 0.3) is 0 Å². The maximum Gasteiger partial charge on any atom is 0.0666 e. The summed E-state index contributed by atoms with van der Waals surface area (Å²) in [6.07, 6.45) is 4.42. The van der Waals surface area contributed by atoms with Crippen LogP contribution in [0.4, 0.5) is 0 Å². The number of nitrogens with one attached hydrogen (secondary N) is 1. The first-order chi connectivity index (χ1) is 8.24. The van der Waals surface area contributed by atoms with Gasteiger partial charge in [0, 0.05) is 44.5 Å². The van der Waals surface area contributed by atoms with Gasteiger partial charge in [0.05, 0.1) is 5.69 Å². The molecule has 1 N–H and O–H groups in total. The summed E-state index contributed by atoms with van der Waals surface area (Å²) in [5.74, 6) is 0. The first-order valence-electron chi connectivity index (χ1n) is 6.70. The molecule has 0 unspecified atom stereocenters. The van der Waals surface area contributed by atoms with Crippen LogP contribution in [0, 0.1) is 0 Å². The minimum absolute atomic E-state index is 0.722. The highest BCUT2D eigenvalue weighted by molar-refractivity contribution is 5.17. The summed E-state index contributed by atoms with van der Waals surface area (Å²) >= 11 is 0. The van der Waals surface area contributed by atoms with Gasteiger partial charge in [-0.15, -0.1) is 0 Å². The molecule has 1 aromatic heterocycles. The highest BCUT2D eigenvalue weighted by atomic mass is 15.3. The molecule has 0 amide bonds. The predicted molar refractivity (Wildman–Crippen MR) is 69.9 cm³/mol. The average Bonchev–Trinajstić information content (AvgIpc) is 2.56. The number of hydrogen-bond donors (Lipinski definition) is 1. The van der Waals surface area contributed by atoms with E-state index in [0.29, 0.717) is 0 Å². The molecule has 2 rings (SSSR count). The lowest BCUT2D eigenvalue weighted by molar-refractivity contribution is 0.137. The monoisotopic (exact) mass is 236 g/mol. The molecule has 2 heterocycles. The fourth-order valence-electron chi connectivity index (χ4n) is 2.44. The van der Waals surface area contributed by atoms with E-state index in [1.54, 1.807) is 0 Å². The van der Waals surface area contributed by atoms with Crippen molar-refractivity contribution in [3.8, 4) is 0 Å². The third kappa shape index (κ3) is 2.87. The maximum absolute atomic E-state index is 4.52. The summed E-state index contributed by atoms with van der Waals surface area (Å²) in [5.41, 5.74) is 2.65. The summed E-state index contributed by atoms with van der Waals surface area (Å²) in [7, 11) is 2.01. The van der Waals surface area contributed by atoms with Crippen molar-refractivity contribution < 1.29 is 0 Å². The molecule has 1 saturated heterocycles. The van der Waals surface area contributed by atoms with Crippen LogP contribution in [0.3, 0.4) is 0 Å². The minimum Gasteiger partial charge on any atom is -0.314 e. The van der Waals surface area contributed by atoms with Gasteiger partial charge in [-0.05, 0) is 19.4 Å². The molecule has 0 saturated carbocycles. The Morgan fingerprint density at radius 1 is 1.47 bits per heavy atom. The molecule has 0 aromatic carbocycles. The van der Waals surface area contributed by atoms with Gasteiger partial charge in [-0.25, -0.2) is 0 Å². The average molecular weight is 236 g/mol. The summed E-state index contributed by atoms with van der Waals surface area (Å²) < 4.78 is 1.94. The zero-order valence-electron chi connectivity index (χ0n) is 11.2. The zero-order chi connectivity index (χ0) is 12.3. The van der Waals surface area contributed by atoms with Crippen LogP contribution in [0.5, 0.6) is 0 Å². The first kappa shape index (κ1) is 12.6. The molecule has 1 fully saturated rings. The third-order valence-electron chi connectivity index (χ3n) is 3.49. The van der Waals surface area contributed by atoms with Crippen molar-refractivity contribution in [2.75, 3.05) is 19.6 Å². The second-order valence-electron chi connectivity index (χ2n) is 4.91. The number of nitrogens with zero attached hydrogens (tertiary/aromatic N) is 3. The topological polar surface area (TPSA) is 33.1 Å². The van der Waals surface area contributed by atoms with Crippen molar-refractivity contribution in [1.29, 1.82) is 0 Å². The van der Waals surface area contributed by atoms with Crippen molar-refractivity contribution in [3.63, 3.8) is 0 Å². The highest BCUT2D eigenvalue weighted by Gasteiger charge is 2.24. The Morgan fingerprint density at radius 2 is 2.24 bits per heavy atom. The molecular weight excluding hydrogens is 212 g/mol. The predicted octanol–water partition coefficient (Wildman–Crippen LogP) is 1.17. The van der Waals surface area contributed by atoms with Gasteiger partial charge in [-0.2, -0.15) is 5.10 Å². The largest absolute Gasteiger partial charge is 0.314 e. The van der Waals surface area contributed by atoms with Crippen LogP contribution >= 0.6 is 0 Å². The van der Waals surface area contributed by atoms with E-state index in [1.165, 1.54) is 24.2 Å². The van der Waals surface area contributed by atoms with E-state index in [0.717, 1.165) is 32.1 Å². The van der Waals surface area contributed by atoms with E-state index in [-0.39, 0.29) is 0 Å². The van der Waals surface area contributed by atoms with Crippen LogP contribution in [-0.4, -0.2) is 40.4 Å². The quantitative estimate of drug-likeness (QED) is 0.805. The summed E-state index contributed by atoms with van der Waals surface area (Å²) in [5, 5.41) is 7.88. The maximum atomic E-state index is 4.52. The molecule has 0 atom stereocenters. The minimum atomic E-state index is 0.722. The van der Waals surface area contributed by atoms with E-state index in [2.05, 4.69) is 35.4 Å². The Hall–Kier alpha value is -0.870. The van der Waals surface area contributed by atoms with Crippen molar-refractivity contribution >= 4 is 0 Å². The van der Waals surface area contributed by atoms with Gasteiger partial charge in [-0.3, -0.25) is 9.58 Å². The van der Waals surface area contributed by atoms with Gasteiger partial charge < -0.3 is 5.32 Å². The lowest BCUT2D eigenvalue weighted by Crippen LogP contribution is -2.57. The molecule has 4 heteroatoms. The van der Waals surface area contributed by atoms with E-state index in [4.69, 9.17) is 0 Å². The molecule has 1 aromatic rings. The van der Waals surface area contributed by atoms with Gasteiger partial charge in [0.25, 0.3) is 0 Å². The Bertz CT molecular complexity index is 354. The van der Waals surface area contributed by atoms with Gasteiger partial charge in [-0.1, -0.05) is 13.8 Å². The summed E-state index contributed by atoms with van der Waals surface area (Å²) in [4.78, 5) is 2.59. The molecule has 0 radical (unpaired) electrons. The molecule has 1 aliphatic rings. The number of hydrogen-bond acceptors (Lipinski definition) is 3. The van der Waals surface area contributed by atoms with E-state index < -0.39 is 0 Å². The van der Waals surface area contributed by atoms with Gasteiger partial charge >= 0.3 is 0 Å². The molecule has 4 nitrogen and oxygen atoms in total. The van der Waals surface area contributed by atoms with E-state index >= 15 is 0 Å². The van der Waals surface area contributed by atoms with Crippen LogP contribution in [0.1, 0.15) is 31.5 Å². The van der Waals surface area contributed by atoms with E-state index in [9.17, 15) is 0 Å². The fourth-order valence-corrected chi connectivity index (χ4v) is 2.44. The van der Waals surface area contributed by atoms with Crippen LogP contribution in [0.2, 0.25) is 0 Å². The van der Waals surface area contributed by atoms with Crippen LogP contribution < -0.4 is 5.32 Å². The highest BCUT2D eigenvalue weighted by Crippen LogP contribution is 2.15. The van der Waals surface area contributed by atoms with Crippen molar-refractivity contribution in [3.05, 3.63) is 17.5 Å². The Morgan fingerprint density at radius 3 is 2.76 bits per heavy atom. The lowest BCUT2D eigenvalue weighted by Gasteiger charge is -2.38. The number of aromatic nitrogens is 2. The molecule has 96 valence electrons. The van der Waals surface area contributed by atoms with Gasteiger partial charge in [0.15, 0.2) is 0 Å². The Labute approximate surface area is 104 Å². The van der Waals surface area contributed by atoms with Crippen LogP contribution in [0.15, 0.2) is 6.20 Å². The second kappa shape index (κ2) is 5.65. The van der Waals surface area contributed by atoms with Crippen LogP contribution in [-0.2, 0) is 20.0 Å². The molecule has 1 aliphatic heterocycles. The Kier molecular flexibility index (Phi) is 4.18. The second-order valence-corrected chi connectivity index (χ2v) is 4.91. The third-order valence-corrected chi connectivity index (χ3v) is 3.49. The summed E-state index contributed by atoms with van der Waals surface area (Å²) in [6, 6.07) is 0.722. The number of aryl methyl sites for hydroxylation is 2. The fraction of sp³-hybridized carbons (Fsp3) is 0.769. The number of rotatable bonds is 6. The molecule has 0 spiro atoms. The van der Waals surface area contributed by atoms with Crippen molar-refractivity contribution in [1.82, 2.24) is 20.0 Å². The SMILES string of the molecule is CCCN(Cc1cn(C)nc1CC)C1CNC1. The zero-order valence-corrected chi connectivity index (χ0v) is 11.2. The lowest BCUT2D eigenvalue weighted by atomic mass is 10.1. The van der Waals surface area contributed by atoms with Gasteiger partial charge in [0.2, 0.25) is 0 Å². The van der Waals surface area contributed by atoms with Gasteiger partial charge in [0.1, 0.15) is 0 Å². The smallest absolute Gasteiger partial charge is 0.0666 e. The Balaban J connectivity index is 2.04. The van der Waals surface area contributed by atoms with Crippen molar-refractivity contribution in [2.24, 2.45) is 7.05 Å². The van der Waals surface area contributed by atoms with E-state index in [1.807, 2.05) is 11.7 Å². The molecular formula is C13H24N4. The van der Waals surface area contributed by atoms with Crippen molar-refractivity contribution in [2.45, 2.75) is 39.3 Å². The normalized spacial score (nSPS) is 16.5.